The van der Waals surface area contributed by atoms with Gasteiger partial charge < -0.3 is 20.5 Å². The second kappa shape index (κ2) is 9.32. The van der Waals surface area contributed by atoms with Gasteiger partial charge in [0.25, 0.3) is 0 Å². The van der Waals surface area contributed by atoms with Crippen molar-refractivity contribution in [1.29, 1.82) is 0 Å². The van der Waals surface area contributed by atoms with Crippen LogP contribution in [-0.2, 0) is 17.4 Å². The predicted molar refractivity (Wildman–Crippen MR) is 96.8 cm³/mol. The standard InChI is InChI=1S/C18H16ClF3N2O4/c19-15-6-3-12(9-14(15)18(20,21)22)24-17(27)23-8-7-11-1-4-13(5-2-11)28-10-16(25)26/h1-6,9H,7-8,10H2,(H,25,26)(H2,23,24,27). The molecule has 0 heterocycles. The van der Waals surface area contributed by atoms with Crippen LogP contribution in [0.25, 0.3) is 0 Å². The van der Waals surface area contributed by atoms with Crippen molar-refractivity contribution in [3.05, 3.63) is 58.6 Å². The van der Waals surface area contributed by atoms with Crippen molar-refractivity contribution < 1.29 is 32.6 Å². The van der Waals surface area contributed by atoms with Crippen LogP contribution in [0.1, 0.15) is 11.1 Å². The van der Waals surface area contributed by atoms with Crippen molar-refractivity contribution in [3.8, 4) is 5.75 Å². The van der Waals surface area contributed by atoms with Crippen LogP contribution in [0.3, 0.4) is 0 Å². The van der Waals surface area contributed by atoms with E-state index in [1.807, 2.05) is 0 Å². The Morgan fingerprint density at radius 2 is 1.79 bits per heavy atom. The van der Waals surface area contributed by atoms with E-state index in [1.54, 1.807) is 24.3 Å². The Hall–Kier alpha value is -2.94. The third-order valence-corrected chi connectivity index (χ3v) is 3.84. The van der Waals surface area contributed by atoms with Crippen molar-refractivity contribution in [2.24, 2.45) is 0 Å². The van der Waals surface area contributed by atoms with E-state index in [0.717, 1.165) is 17.7 Å². The van der Waals surface area contributed by atoms with Gasteiger partial charge in [-0.1, -0.05) is 23.7 Å². The minimum absolute atomic E-state index is 0.0332. The third-order valence-electron chi connectivity index (χ3n) is 3.51. The van der Waals surface area contributed by atoms with Gasteiger partial charge in [-0.2, -0.15) is 13.2 Å². The minimum Gasteiger partial charge on any atom is -0.482 e. The van der Waals surface area contributed by atoms with Gasteiger partial charge in [0.1, 0.15) is 5.75 Å². The first-order valence-electron chi connectivity index (χ1n) is 8.00. The molecular formula is C18H16ClF3N2O4. The number of ether oxygens (including phenoxy) is 1. The number of alkyl halides is 3. The number of urea groups is 1. The summed E-state index contributed by atoms with van der Waals surface area (Å²) < 4.78 is 43.5. The number of nitrogens with one attached hydrogen (secondary N) is 2. The van der Waals surface area contributed by atoms with E-state index in [4.69, 9.17) is 21.4 Å². The second-order valence-corrected chi connectivity index (χ2v) is 6.06. The topological polar surface area (TPSA) is 87.7 Å². The van der Waals surface area contributed by atoms with Gasteiger partial charge in [0.15, 0.2) is 6.61 Å². The summed E-state index contributed by atoms with van der Waals surface area (Å²) in [5, 5.41) is 12.9. The number of carboxylic acid groups (broad SMARTS) is 1. The van der Waals surface area contributed by atoms with Crippen LogP contribution in [0.15, 0.2) is 42.5 Å². The molecule has 0 radical (unpaired) electrons. The summed E-state index contributed by atoms with van der Waals surface area (Å²) in [6.07, 6.45) is -4.16. The van der Waals surface area contributed by atoms with Gasteiger partial charge in [0.05, 0.1) is 10.6 Å². The number of aliphatic carboxylic acids is 1. The number of benzene rings is 2. The van der Waals surface area contributed by atoms with Gasteiger partial charge >= 0.3 is 18.2 Å². The van der Waals surface area contributed by atoms with Crippen molar-refractivity contribution in [2.75, 3.05) is 18.5 Å². The fraction of sp³-hybridized carbons (Fsp3) is 0.222. The quantitative estimate of drug-likeness (QED) is 0.631. The summed E-state index contributed by atoms with van der Waals surface area (Å²) in [5.74, 6) is -0.678. The number of rotatable bonds is 7. The molecule has 0 saturated heterocycles. The molecule has 0 aromatic heterocycles. The number of amides is 2. The molecule has 2 aromatic rings. The Bertz CT molecular complexity index is 842. The summed E-state index contributed by atoms with van der Waals surface area (Å²) in [4.78, 5) is 22.3. The molecule has 150 valence electrons. The van der Waals surface area contributed by atoms with Gasteiger partial charge in [0, 0.05) is 12.2 Å². The van der Waals surface area contributed by atoms with Gasteiger partial charge in [-0.25, -0.2) is 9.59 Å². The number of hydrogen-bond donors (Lipinski definition) is 3. The fourth-order valence-corrected chi connectivity index (χ4v) is 2.44. The molecule has 0 aliphatic carbocycles. The zero-order valence-corrected chi connectivity index (χ0v) is 15.1. The van der Waals surface area contributed by atoms with Crippen LogP contribution in [0.5, 0.6) is 5.75 Å². The summed E-state index contributed by atoms with van der Waals surface area (Å²) in [6.45, 7) is -0.206. The van der Waals surface area contributed by atoms with E-state index in [0.29, 0.717) is 12.2 Å². The van der Waals surface area contributed by atoms with E-state index in [1.165, 1.54) is 6.07 Å². The Labute approximate surface area is 163 Å². The van der Waals surface area contributed by atoms with Gasteiger partial charge in [-0.15, -0.1) is 0 Å². The lowest BCUT2D eigenvalue weighted by Gasteiger charge is -2.12. The van der Waals surface area contributed by atoms with Crippen LogP contribution in [-0.4, -0.2) is 30.3 Å². The highest BCUT2D eigenvalue weighted by Crippen LogP contribution is 2.36. The average Bonchev–Trinajstić information content (AvgIpc) is 2.61. The number of halogens is 4. The van der Waals surface area contributed by atoms with Crippen LogP contribution in [0, 0.1) is 0 Å². The van der Waals surface area contributed by atoms with E-state index >= 15 is 0 Å². The molecule has 0 atom stereocenters. The molecule has 3 N–H and O–H groups in total. The molecule has 0 spiro atoms. The first-order valence-corrected chi connectivity index (χ1v) is 8.38. The number of carboxylic acids is 1. The molecular weight excluding hydrogens is 401 g/mol. The Kier molecular flexibility index (Phi) is 7.11. The lowest BCUT2D eigenvalue weighted by Crippen LogP contribution is -2.30. The maximum Gasteiger partial charge on any atom is 0.417 e. The SMILES string of the molecule is O=C(O)COc1ccc(CCNC(=O)Nc2ccc(Cl)c(C(F)(F)F)c2)cc1. The lowest BCUT2D eigenvalue weighted by molar-refractivity contribution is -0.139. The highest BCUT2D eigenvalue weighted by molar-refractivity contribution is 6.31. The summed E-state index contributed by atoms with van der Waals surface area (Å²) in [6, 6.07) is 9.07. The van der Waals surface area contributed by atoms with Crippen LogP contribution in [0.2, 0.25) is 5.02 Å². The maximum absolute atomic E-state index is 12.8. The normalized spacial score (nSPS) is 11.0. The minimum atomic E-state index is -4.62. The van der Waals surface area contributed by atoms with Crippen molar-refractivity contribution in [2.45, 2.75) is 12.6 Å². The molecule has 0 bridgehead atoms. The number of anilines is 1. The Balaban J connectivity index is 1.82. The average molecular weight is 417 g/mol. The van der Waals surface area contributed by atoms with E-state index in [-0.39, 0.29) is 12.2 Å². The molecule has 0 saturated carbocycles. The van der Waals surface area contributed by atoms with E-state index < -0.39 is 35.4 Å². The predicted octanol–water partition coefficient (Wildman–Crippen LogP) is 4.19. The van der Waals surface area contributed by atoms with Gasteiger partial charge in [0.2, 0.25) is 0 Å². The third kappa shape index (κ3) is 6.66. The summed E-state index contributed by atoms with van der Waals surface area (Å²) in [7, 11) is 0. The van der Waals surface area contributed by atoms with Crippen molar-refractivity contribution in [1.82, 2.24) is 5.32 Å². The highest BCUT2D eigenvalue weighted by atomic mass is 35.5. The summed E-state index contributed by atoms with van der Waals surface area (Å²) >= 11 is 5.53. The monoisotopic (exact) mass is 416 g/mol. The zero-order valence-electron chi connectivity index (χ0n) is 14.3. The van der Waals surface area contributed by atoms with Crippen LogP contribution < -0.4 is 15.4 Å². The van der Waals surface area contributed by atoms with Gasteiger partial charge in [-0.3, -0.25) is 0 Å². The molecule has 0 unspecified atom stereocenters. The van der Waals surface area contributed by atoms with Crippen molar-refractivity contribution in [3.63, 3.8) is 0 Å². The van der Waals surface area contributed by atoms with E-state index in [9.17, 15) is 22.8 Å². The van der Waals surface area contributed by atoms with Gasteiger partial charge in [-0.05, 0) is 42.3 Å². The molecule has 0 aliphatic rings. The molecule has 2 aromatic carbocycles. The smallest absolute Gasteiger partial charge is 0.417 e. The van der Waals surface area contributed by atoms with Crippen LogP contribution in [0.4, 0.5) is 23.7 Å². The molecule has 10 heteroatoms. The first-order chi connectivity index (χ1) is 13.1. The maximum atomic E-state index is 12.8. The second-order valence-electron chi connectivity index (χ2n) is 5.65. The Morgan fingerprint density at radius 1 is 1.11 bits per heavy atom. The zero-order chi connectivity index (χ0) is 20.7. The highest BCUT2D eigenvalue weighted by Gasteiger charge is 2.33. The van der Waals surface area contributed by atoms with E-state index in [2.05, 4.69) is 10.6 Å². The molecule has 28 heavy (non-hydrogen) atoms. The summed E-state index contributed by atoms with van der Waals surface area (Å²) in [5.41, 5.74) is -0.208. The fourth-order valence-electron chi connectivity index (χ4n) is 2.21. The molecule has 6 nitrogen and oxygen atoms in total. The number of carbonyl (C=O) groups is 2. The number of hydrogen-bond acceptors (Lipinski definition) is 3. The lowest BCUT2D eigenvalue weighted by atomic mass is 10.1. The molecule has 0 fully saturated rings. The Morgan fingerprint density at radius 3 is 2.39 bits per heavy atom. The molecule has 2 rings (SSSR count). The van der Waals surface area contributed by atoms with Crippen LogP contribution >= 0.6 is 11.6 Å². The molecule has 0 aliphatic heterocycles. The largest absolute Gasteiger partial charge is 0.482 e. The molecule has 2 amide bonds. The number of carbonyl (C=O) groups excluding carboxylic acids is 1. The van der Waals surface area contributed by atoms with Crippen molar-refractivity contribution >= 4 is 29.3 Å². The first kappa shape index (κ1) is 21.4.